The van der Waals surface area contributed by atoms with Crippen molar-refractivity contribution in [2.75, 3.05) is 13.7 Å². The van der Waals surface area contributed by atoms with Crippen molar-refractivity contribution in [1.29, 1.82) is 0 Å². The normalized spacial score (nSPS) is 17.3. The fourth-order valence-corrected chi connectivity index (χ4v) is 3.87. The molecular formula is C30H36N2O6. The molecule has 3 N–H and O–H groups in total. The van der Waals surface area contributed by atoms with E-state index in [-0.39, 0.29) is 12.5 Å². The minimum Gasteiger partial charge on any atom is -0.467 e. The van der Waals surface area contributed by atoms with E-state index in [1.807, 2.05) is 36.4 Å². The Labute approximate surface area is 224 Å². The molecule has 2 aromatic rings. The summed E-state index contributed by atoms with van der Waals surface area (Å²) in [7, 11) is 1.22. The highest BCUT2D eigenvalue weighted by Crippen LogP contribution is 2.37. The lowest BCUT2D eigenvalue weighted by atomic mass is 9.94. The SMILES string of the molecule is COC(=O)[C@@H](NC(=O)c1ccc(-c2ccc(C#CC3CC3CO)cc2)cc1)C(C)(C)NC(=O)OC(C)(C)C. The van der Waals surface area contributed by atoms with Gasteiger partial charge >= 0.3 is 12.1 Å². The van der Waals surface area contributed by atoms with E-state index in [0.717, 1.165) is 23.1 Å². The van der Waals surface area contributed by atoms with E-state index < -0.39 is 35.2 Å². The van der Waals surface area contributed by atoms with Crippen LogP contribution in [-0.2, 0) is 14.3 Å². The fourth-order valence-electron chi connectivity index (χ4n) is 3.87. The number of amides is 2. The minimum atomic E-state index is -1.20. The van der Waals surface area contributed by atoms with Gasteiger partial charge in [-0.05, 0) is 82.3 Å². The van der Waals surface area contributed by atoms with Gasteiger partial charge in [-0.1, -0.05) is 36.1 Å². The molecule has 0 radical (unpaired) electrons. The number of aliphatic hydroxyl groups is 1. The highest BCUT2D eigenvalue weighted by atomic mass is 16.6. The summed E-state index contributed by atoms with van der Waals surface area (Å²) in [5, 5.41) is 14.5. The highest BCUT2D eigenvalue weighted by molar-refractivity contribution is 5.97. The second kappa shape index (κ2) is 11.7. The van der Waals surface area contributed by atoms with Crippen molar-refractivity contribution in [3.63, 3.8) is 0 Å². The first kappa shape index (κ1) is 28.7. The number of ether oxygens (including phenoxy) is 2. The number of carbonyl (C=O) groups is 3. The van der Waals surface area contributed by atoms with Gasteiger partial charge in [0.25, 0.3) is 5.91 Å². The molecule has 38 heavy (non-hydrogen) atoms. The van der Waals surface area contributed by atoms with Gasteiger partial charge < -0.3 is 25.2 Å². The Morgan fingerprint density at radius 1 is 1.00 bits per heavy atom. The quantitative estimate of drug-likeness (QED) is 0.377. The van der Waals surface area contributed by atoms with Crippen molar-refractivity contribution in [3.8, 4) is 23.0 Å². The van der Waals surface area contributed by atoms with Crippen LogP contribution in [0.15, 0.2) is 48.5 Å². The van der Waals surface area contributed by atoms with Crippen LogP contribution in [0.1, 0.15) is 57.0 Å². The molecule has 2 aromatic carbocycles. The van der Waals surface area contributed by atoms with Gasteiger partial charge in [0.1, 0.15) is 11.6 Å². The van der Waals surface area contributed by atoms with Crippen molar-refractivity contribution < 1.29 is 29.0 Å². The summed E-state index contributed by atoms with van der Waals surface area (Å²) in [4.78, 5) is 37.9. The number of nitrogens with one attached hydrogen (secondary N) is 2. The van der Waals surface area contributed by atoms with Gasteiger partial charge in [-0.25, -0.2) is 9.59 Å². The van der Waals surface area contributed by atoms with Gasteiger partial charge in [-0.3, -0.25) is 4.79 Å². The van der Waals surface area contributed by atoms with Crippen molar-refractivity contribution in [2.24, 2.45) is 11.8 Å². The van der Waals surface area contributed by atoms with Crippen molar-refractivity contribution in [3.05, 3.63) is 59.7 Å². The molecule has 202 valence electrons. The first-order valence-corrected chi connectivity index (χ1v) is 12.6. The molecule has 3 atom stereocenters. The van der Waals surface area contributed by atoms with Crippen LogP contribution < -0.4 is 10.6 Å². The van der Waals surface area contributed by atoms with E-state index in [2.05, 4.69) is 22.5 Å². The molecule has 0 heterocycles. The van der Waals surface area contributed by atoms with Crippen LogP contribution in [0, 0.1) is 23.7 Å². The zero-order valence-corrected chi connectivity index (χ0v) is 22.8. The van der Waals surface area contributed by atoms with Gasteiger partial charge in [0.05, 0.1) is 12.6 Å². The Bertz CT molecular complexity index is 1220. The van der Waals surface area contributed by atoms with Crippen LogP contribution in [0.25, 0.3) is 11.1 Å². The molecule has 3 rings (SSSR count). The molecule has 1 saturated carbocycles. The Morgan fingerprint density at radius 3 is 2.08 bits per heavy atom. The van der Waals surface area contributed by atoms with Gasteiger partial charge in [-0.15, -0.1) is 0 Å². The van der Waals surface area contributed by atoms with Crippen molar-refractivity contribution in [1.82, 2.24) is 10.6 Å². The van der Waals surface area contributed by atoms with Gasteiger partial charge in [-0.2, -0.15) is 0 Å². The number of esters is 1. The Morgan fingerprint density at radius 2 is 1.58 bits per heavy atom. The number of hydrogen-bond donors (Lipinski definition) is 3. The molecule has 0 saturated heterocycles. The molecular weight excluding hydrogens is 484 g/mol. The molecule has 0 bridgehead atoms. The monoisotopic (exact) mass is 520 g/mol. The lowest BCUT2D eigenvalue weighted by molar-refractivity contribution is -0.144. The molecule has 8 heteroatoms. The summed E-state index contributed by atoms with van der Waals surface area (Å²) < 4.78 is 10.2. The van der Waals surface area contributed by atoms with Crippen molar-refractivity contribution >= 4 is 18.0 Å². The number of alkyl carbamates (subject to hydrolysis) is 1. The molecule has 1 fully saturated rings. The summed E-state index contributed by atoms with van der Waals surface area (Å²) in [6.07, 6.45) is 0.244. The Balaban J connectivity index is 1.67. The zero-order chi connectivity index (χ0) is 28.1. The summed E-state index contributed by atoms with van der Waals surface area (Å²) in [5.41, 5.74) is 1.22. The van der Waals surface area contributed by atoms with Gasteiger partial charge in [0.2, 0.25) is 0 Å². The molecule has 0 aliphatic heterocycles. The van der Waals surface area contributed by atoms with Crippen LogP contribution >= 0.6 is 0 Å². The first-order valence-electron chi connectivity index (χ1n) is 12.6. The van der Waals surface area contributed by atoms with E-state index in [9.17, 15) is 14.4 Å². The van der Waals surface area contributed by atoms with E-state index in [0.29, 0.717) is 11.5 Å². The minimum absolute atomic E-state index is 0.191. The fraction of sp³-hybridized carbons (Fsp3) is 0.433. The van der Waals surface area contributed by atoms with Crippen LogP contribution in [-0.4, -0.2) is 54.0 Å². The van der Waals surface area contributed by atoms with Crippen LogP contribution in [0.5, 0.6) is 0 Å². The van der Waals surface area contributed by atoms with Gasteiger partial charge in [0.15, 0.2) is 0 Å². The van der Waals surface area contributed by atoms with E-state index in [1.165, 1.54) is 7.11 Å². The molecule has 2 unspecified atom stereocenters. The van der Waals surface area contributed by atoms with E-state index in [4.69, 9.17) is 14.6 Å². The molecule has 1 aliphatic carbocycles. The molecule has 0 aromatic heterocycles. The summed E-state index contributed by atoms with van der Waals surface area (Å²) in [6, 6.07) is 13.6. The summed E-state index contributed by atoms with van der Waals surface area (Å²) >= 11 is 0. The predicted octanol–water partition coefficient (Wildman–Crippen LogP) is 3.91. The smallest absolute Gasteiger partial charge is 0.408 e. The first-order chi connectivity index (χ1) is 17.8. The van der Waals surface area contributed by atoms with Crippen LogP contribution in [0.2, 0.25) is 0 Å². The maximum atomic E-state index is 13.0. The number of benzene rings is 2. The standard InChI is InChI=1S/C30H36N2O6/c1-29(2,3)38-28(36)32-30(4,5)25(27(35)37-6)31-26(34)22-15-13-21(14-16-22)20-10-7-19(8-11-20)9-12-23-17-24(23)18-33/h7-8,10-11,13-16,23-25,33H,17-18H2,1-6H3,(H,31,34)(H,32,36)/t23?,24?,25-/m1/s1. The lowest BCUT2D eigenvalue weighted by Gasteiger charge is -2.34. The third-order valence-corrected chi connectivity index (χ3v) is 6.18. The average Bonchev–Trinajstić information content (AvgIpc) is 3.63. The zero-order valence-electron chi connectivity index (χ0n) is 22.8. The molecule has 2 amide bonds. The second-order valence-electron chi connectivity index (χ2n) is 11.0. The number of methoxy groups -OCH3 is 1. The van der Waals surface area contributed by atoms with E-state index in [1.54, 1.807) is 46.8 Å². The summed E-state index contributed by atoms with van der Waals surface area (Å²) in [5.74, 6) is 5.76. The average molecular weight is 521 g/mol. The predicted molar refractivity (Wildman–Crippen MR) is 144 cm³/mol. The topological polar surface area (TPSA) is 114 Å². The largest absolute Gasteiger partial charge is 0.467 e. The number of carbonyl (C=O) groups excluding carboxylic acids is 3. The van der Waals surface area contributed by atoms with Gasteiger partial charge in [0, 0.05) is 23.7 Å². The van der Waals surface area contributed by atoms with E-state index >= 15 is 0 Å². The maximum Gasteiger partial charge on any atom is 0.408 e. The lowest BCUT2D eigenvalue weighted by Crippen LogP contribution is -2.62. The molecule has 8 nitrogen and oxygen atoms in total. The number of aliphatic hydroxyl groups excluding tert-OH is 1. The van der Waals surface area contributed by atoms with Crippen LogP contribution in [0.4, 0.5) is 4.79 Å². The number of rotatable bonds is 7. The third-order valence-electron chi connectivity index (χ3n) is 6.18. The Kier molecular flexibility index (Phi) is 8.85. The van der Waals surface area contributed by atoms with Crippen molar-refractivity contribution in [2.45, 2.75) is 58.2 Å². The second-order valence-corrected chi connectivity index (χ2v) is 11.0. The third kappa shape index (κ3) is 7.83. The number of hydrogen-bond acceptors (Lipinski definition) is 6. The summed E-state index contributed by atoms with van der Waals surface area (Å²) in [6.45, 7) is 8.59. The maximum absolute atomic E-state index is 13.0. The van der Waals surface area contributed by atoms with Crippen LogP contribution in [0.3, 0.4) is 0 Å². The molecule has 1 aliphatic rings. The molecule has 0 spiro atoms. The highest BCUT2D eigenvalue weighted by Gasteiger charge is 2.40. The Hall–Kier alpha value is -3.83.